The number of nitrogens with zero attached hydrogens (tertiary/aromatic N) is 2. The van der Waals surface area contributed by atoms with Gasteiger partial charge in [-0.05, 0) is 37.9 Å². The van der Waals surface area contributed by atoms with E-state index in [1.165, 1.54) is 18.2 Å². The van der Waals surface area contributed by atoms with Crippen molar-refractivity contribution < 1.29 is 9.72 Å². The van der Waals surface area contributed by atoms with E-state index in [1.807, 2.05) is 37.2 Å². The van der Waals surface area contributed by atoms with Crippen LogP contribution in [0, 0.1) is 10.1 Å². The fraction of sp³-hybridized carbons (Fsp3) is 0.188. The predicted molar refractivity (Wildman–Crippen MR) is 89.3 cm³/mol. The summed E-state index contributed by atoms with van der Waals surface area (Å²) in [6, 6.07) is 11.4. The first kappa shape index (κ1) is 16.4. The fourth-order valence-electron chi connectivity index (χ4n) is 2.16. The summed E-state index contributed by atoms with van der Waals surface area (Å²) in [5, 5.41) is 13.7. The number of nitrogen functional groups attached to an aromatic ring is 1. The average molecular weight is 314 g/mol. The van der Waals surface area contributed by atoms with Gasteiger partial charge in [-0.15, -0.1) is 0 Å². The summed E-state index contributed by atoms with van der Waals surface area (Å²) in [4.78, 5) is 24.6. The summed E-state index contributed by atoms with van der Waals surface area (Å²) in [5.74, 6) is -0.417. The number of carbonyl (C=O) groups excluding carboxylic acids is 1. The second-order valence-corrected chi connectivity index (χ2v) is 5.38. The molecule has 0 saturated carbocycles. The first-order chi connectivity index (χ1) is 10.9. The quantitative estimate of drug-likeness (QED) is 0.501. The van der Waals surface area contributed by atoms with Crippen LogP contribution in [0.15, 0.2) is 42.5 Å². The standard InChI is InChI=1S/C16H18N4O3/c1-19(2)10-12-5-3-4-6-14(12)18-16(21)11-7-8-13(17)15(9-11)20(22)23/h3-9H,10,17H2,1-2H3,(H,18,21). The number of para-hydroxylation sites is 1. The number of nitrogens with one attached hydrogen (secondary N) is 1. The van der Waals surface area contributed by atoms with Gasteiger partial charge in [0.25, 0.3) is 11.6 Å². The Morgan fingerprint density at radius 1 is 1.26 bits per heavy atom. The van der Waals surface area contributed by atoms with Gasteiger partial charge < -0.3 is 16.0 Å². The lowest BCUT2D eigenvalue weighted by molar-refractivity contribution is -0.383. The van der Waals surface area contributed by atoms with Gasteiger partial charge in [-0.25, -0.2) is 0 Å². The number of nitro benzene ring substituents is 1. The molecule has 0 spiro atoms. The number of nitro groups is 1. The minimum absolute atomic E-state index is 0.0274. The highest BCUT2D eigenvalue weighted by Crippen LogP contribution is 2.23. The third kappa shape index (κ3) is 4.04. The zero-order chi connectivity index (χ0) is 17.0. The van der Waals surface area contributed by atoms with Gasteiger partial charge in [0.05, 0.1) is 4.92 Å². The number of rotatable bonds is 5. The van der Waals surface area contributed by atoms with E-state index in [0.717, 1.165) is 5.56 Å². The Labute approximate surface area is 133 Å². The fourth-order valence-corrected chi connectivity index (χ4v) is 2.16. The molecule has 0 atom stereocenters. The van der Waals surface area contributed by atoms with Gasteiger partial charge in [-0.3, -0.25) is 14.9 Å². The molecule has 0 aliphatic heterocycles. The zero-order valence-electron chi connectivity index (χ0n) is 12.9. The molecule has 0 heterocycles. The van der Waals surface area contributed by atoms with E-state index in [1.54, 1.807) is 6.07 Å². The minimum Gasteiger partial charge on any atom is -0.393 e. The van der Waals surface area contributed by atoms with Crippen molar-refractivity contribution in [2.24, 2.45) is 0 Å². The minimum atomic E-state index is -0.605. The summed E-state index contributed by atoms with van der Waals surface area (Å²) in [5.41, 5.74) is 7.10. The smallest absolute Gasteiger partial charge is 0.292 e. The Kier molecular flexibility index (Phi) is 4.92. The van der Waals surface area contributed by atoms with E-state index in [2.05, 4.69) is 5.32 Å². The summed E-state index contributed by atoms with van der Waals surface area (Å²) in [6.07, 6.45) is 0. The van der Waals surface area contributed by atoms with Gasteiger partial charge in [0, 0.05) is 23.9 Å². The third-order valence-corrected chi connectivity index (χ3v) is 3.24. The first-order valence-electron chi connectivity index (χ1n) is 6.96. The largest absolute Gasteiger partial charge is 0.393 e. The lowest BCUT2D eigenvalue weighted by Crippen LogP contribution is -2.17. The molecule has 0 unspecified atom stereocenters. The third-order valence-electron chi connectivity index (χ3n) is 3.24. The molecule has 0 bridgehead atoms. The van der Waals surface area contributed by atoms with Crippen molar-refractivity contribution in [1.29, 1.82) is 0 Å². The van der Waals surface area contributed by atoms with Crippen LogP contribution in [-0.4, -0.2) is 29.8 Å². The second-order valence-electron chi connectivity index (χ2n) is 5.38. The van der Waals surface area contributed by atoms with Crippen molar-refractivity contribution in [3.8, 4) is 0 Å². The van der Waals surface area contributed by atoms with Crippen LogP contribution in [0.3, 0.4) is 0 Å². The summed E-state index contributed by atoms with van der Waals surface area (Å²) < 4.78 is 0. The molecule has 0 aliphatic carbocycles. The lowest BCUT2D eigenvalue weighted by Gasteiger charge is -2.15. The number of amides is 1. The van der Waals surface area contributed by atoms with E-state index < -0.39 is 10.8 Å². The van der Waals surface area contributed by atoms with Gasteiger partial charge in [-0.2, -0.15) is 0 Å². The lowest BCUT2D eigenvalue weighted by atomic mass is 10.1. The number of hydrogen-bond donors (Lipinski definition) is 2. The molecule has 0 aromatic heterocycles. The molecular weight excluding hydrogens is 296 g/mol. The Hall–Kier alpha value is -2.93. The maximum absolute atomic E-state index is 12.4. The molecule has 7 nitrogen and oxygen atoms in total. The predicted octanol–water partition coefficient (Wildman–Crippen LogP) is 2.49. The number of anilines is 2. The van der Waals surface area contributed by atoms with Crippen LogP contribution in [0.1, 0.15) is 15.9 Å². The molecule has 2 aromatic rings. The van der Waals surface area contributed by atoms with E-state index >= 15 is 0 Å². The maximum atomic E-state index is 12.4. The molecule has 0 aliphatic rings. The Balaban J connectivity index is 2.26. The number of carbonyl (C=O) groups is 1. The van der Waals surface area contributed by atoms with Crippen LogP contribution < -0.4 is 11.1 Å². The van der Waals surface area contributed by atoms with Crippen LogP contribution in [0.2, 0.25) is 0 Å². The van der Waals surface area contributed by atoms with E-state index in [0.29, 0.717) is 12.2 Å². The van der Waals surface area contributed by atoms with Crippen molar-refractivity contribution >= 4 is 23.0 Å². The topological polar surface area (TPSA) is 102 Å². The van der Waals surface area contributed by atoms with Crippen molar-refractivity contribution in [3.63, 3.8) is 0 Å². The second kappa shape index (κ2) is 6.89. The molecule has 2 aromatic carbocycles. The molecule has 0 fully saturated rings. The van der Waals surface area contributed by atoms with Crippen LogP contribution in [0.25, 0.3) is 0 Å². The Morgan fingerprint density at radius 2 is 1.96 bits per heavy atom. The molecule has 0 saturated heterocycles. The van der Waals surface area contributed by atoms with Gasteiger partial charge >= 0.3 is 0 Å². The summed E-state index contributed by atoms with van der Waals surface area (Å²) in [6.45, 7) is 0.665. The molecule has 3 N–H and O–H groups in total. The Bertz CT molecular complexity index is 744. The normalized spacial score (nSPS) is 10.6. The van der Waals surface area contributed by atoms with Crippen molar-refractivity contribution in [2.75, 3.05) is 25.1 Å². The van der Waals surface area contributed by atoms with Crippen LogP contribution >= 0.6 is 0 Å². The van der Waals surface area contributed by atoms with E-state index in [4.69, 9.17) is 5.73 Å². The molecule has 1 amide bonds. The molecule has 2 rings (SSSR count). The van der Waals surface area contributed by atoms with Crippen LogP contribution in [-0.2, 0) is 6.54 Å². The van der Waals surface area contributed by atoms with Gasteiger partial charge in [0.2, 0.25) is 0 Å². The van der Waals surface area contributed by atoms with Gasteiger partial charge in [0.15, 0.2) is 0 Å². The highest BCUT2D eigenvalue weighted by molar-refractivity contribution is 6.05. The van der Waals surface area contributed by atoms with Crippen molar-refractivity contribution in [3.05, 3.63) is 63.7 Å². The molecule has 0 radical (unpaired) electrons. The van der Waals surface area contributed by atoms with Crippen LogP contribution in [0.4, 0.5) is 17.1 Å². The molecule has 23 heavy (non-hydrogen) atoms. The van der Waals surface area contributed by atoms with E-state index in [-0.39, 0.29) is 16.9 Å². The van der Waals surface area contributed by atoms with Crippen molar-refractivity contribution in [1.82, 2.24) is 4.90 Å². The van der Waals surface area contributed by atoms with Gasteiger partial charge in [-0.1, -0.05) is 18.2 Å². The summed E-state index contributed by atoms with van der Waals surface area (Å²) >= 11 is 0. The van der Waals surface area contributed by atoms with E-state index in [9.17, 15) is 14.9 Å². The first-order valence-corrected chi connectivity index (χ1v) is 6.96. The number of nitrogens with two attached hydrogens (primary N) is 1. The van der Waals surface area contributed by atoms with Gasteiger partial charge in [0.1, 0.15) is 5.69 Å². The molecule has 7 heteroatoms. The summed E-state index contributed by atoms with van der Waals surface area (Å²) in [7, 11) is 3.86. The van der Waals surface area contributed by atoms with Crippen molar-refractivity contribution in [2.45, 2.75) is 6.54 Å². The number of hydrogen-bond acceptors (Lipinski definition) is 5. The maximum Gasteiger partial charge on any atom is 0.292 e. The highest BCUT2D eigenvalue weighted by atomic mass is 16.6. The SMILES string of the molecule is CN(C)Cc1ccccc1NC(=O)c1ccc(N)c([N+](=O)[O-])c1. The number of benzene rings is 2. The zero-order valence-corrected chi connectivity index (χ0v) is 12.9. The molecule has 120 valence electrons. The monoisotopic (exact) mass is 314 g/mol. The average Bonchev–Trinajstić information content (AvgIpc) is 2.48. The highest BCUT2D eigenvalue weighted by Gasteiger charge is 2.16. The molecular formula is C16H18N4O3. The van der Waals surface area contributed by atoms with Crippen LogP contribution in [0.5, 0.6) is 0 Å². The Morgan fingerprint density at radius 3 is 2.61 bits per heavy atom.